The summed E-state index contributed by atoms with van der Waals surface area (Å²) in [7, 11) is 0. The molecule has 0 N–H and O–H groups in total. The van der Waals surface area contributed by atoms with E-state index in [1.807, 2.05) is 13.0 Å². The first-order valence-electron chi connectivity index (χ1n) is 9.09. The topological polar surface area (TPSA) is 58.8 Å². The first-order valence-corrected chi connectivity index (χ1v) is 9.09. The number of likely N-dealkylation sites (tertiary alicyclic amines) is 1. The fourth-order valence-corrected chi connectivity index (χ4v) is 3.89. The molecule has 138 valence electrons. The summed E-state index contributed by atoms with van der Waals surface area (Å²) >= 11 is 0. The number of piperidine rings is 1. The second-order valence-electron chi connectivity index (χ2n) is 6.70. The minimum Gasteiger partial charge on any atom is -0.476 e. The van der Waals surface area contributed by atoms with Crippen LogP contribution in [0, 0.1) is 5.82 Å². The maximum Gasteiger partial charge on any atom is 0.292 e. The Bertz CT molecular complexity index is 799. The lowest BCUT2D eigenvalue weighted by Gasteiger charge is -2.37. The molecule has 1 amide bonds. The first-order chi connectivity index (χ1) is 12.7. The highest BCUT2D eigenvalue weighted by atomic mass is 19.1. The van der Waals surface area contributed by atoms with Gasteiger partial charge in [-0.25, -0.2) is 4.39 Å². The zero-order chi connectivity index (χ0) is 18.1. The van der Waals surface area contributed by atoms with Crippen LogP contribution in [0.15, 0.2) is 28.8 Å². The molecule has 0 atom stereocenters. The number of fused-ring (bicyclic) bond motifs is 1. The van der Waals surface area contributed by atoms with Crippen LogP contribution < -0.4 is 9.64 Å². The van der Waals surface area contributed by atoms with E-state index < -0.39 is 0 Å². The number of carbonyl (C=O) groups is 1. The van der Waals surface area contributed by atoms with Crippen LogP contribution in [0.3, 0.4) is 0 Å². The Kier molecular flexibility index (Phi) is 4.53. The molecule has 6 nitrogen and oxygen atoms in total. The number of anilines is 1. The van der Waals surface area contributed by atoms with E-state index in [4.69, 9.17) is 9.26 Å². The van der Waals surface area contributed by atoms with E-state index in [0.717, 1.165) is 37.1 Å². The molecule has 7 heteroatoms. The van der Waals surface area contributed by atoms with Gasteiger partial charge in [0.05, 0.1) is 12.7 Å². The Hall–Kier alpha value is -2.57. The van der Waals surface area contributed by atoms with Crippen LogP contribution in [-0.4, -0.2) is 48.2 Å². The van der Waals surface area contributed by atoms with Crippen molar-refractivity contribution in [3.8, 4) is 5.88 Å². The molecule has 26 heavy (non-hydrogen) atoms. The monoisotopic (exact) mass is 359 g/mol. The number of halogens is 1. The fourth-order valence-electron chi connectivity index (χ4n) is 3.89. The van der Waals surface area contributed by atoms with E-state index in [1.54, 1.807) is 17.0 Å². The van der Waals surface area contributed by atoms with Crippen LogP contribution in [0.1, 0.15) is 35.9 Å². The number of ether oxygens (including phenoxy) is 1. The smallest absolute Gasteiger partial charge is 0.292 e. The van der Waals surface area contributed by atoms with Gasteiger partial charge in [-0.1, -0.05) is 0 Å². The van der Waals surface area contributed by atoms with Crippen LogP contribution in [-0.2, 0) is 6.42 Å². The van der Waals surface area contributed by atoms with Crippen molar-refractivity contribution in [2.75, 3.05) is 31.1 Å². The van der Waals surface area contributed by atoms with Gasteiger partial charge >= 0.3 is 0 Å². The van der Waals surface area contributed by atoms with Gasteiger partial charge in [0.15, 0.2) is 0 Å². The highest BCUT2D eigenvalue weighted by molar-refractivity contribution is 5.91. The van der Waals surface area contributed by atoms with Crippen molar-refractivity contribution in [2.45, 2.75) is 32.2 Å². The summed E-state index contributed by atoms with van der Waals surface area (Å²) in [6.45, 7) is 4.58. The van der Waals surface area contributed by atoms with Gasteiger partial charge in [0.2, 0.25) is 5.76 Å². The summed E-state index contributed by atoms with van der Waals surface area (Å²) in [6, 6.07) is 6.95. The molecule has 0 unspecified atom stereocenters. The molecule has 2 aromatic rings. The van der Waals surface area contributed by atoms with Crippen molar-refractivity contribution in [3.05, 3.63) is 41.4 Å². The van der Waals surface area contributed by atoms with E-state index in [9.17, 15) is 9.18 Å². The lowest BCUT2D eigenvalue weighted by molar-refractivity contribution is 0.0670. The van der Waals surface area contributed by atoms with Crippen LogP contribution in [0.2, 0.25) is 0 Å². The Balaban J connectivity index is 1.38. The Morgan fingerprint density at radius 3 is 2.88 bits per heavy atom. The molecule has 3 heterocycles. The fraction of sp³-hybridized carbons (Fsp3) is 0.474. The SMILES string of the molecule is CCOc1cc(C(=O)N2CCC(N3CCc4cc(F)ccc43)CC2)on1. The molecular formula is C19H22FN3O3. The highest BCUT2D eigenvalue weighted by Gasteiger charge is 2.32. The number of rotatable bonds is 4. The largest absolute Gasteiger partial charge is 0.476 e. The standard InChI is InChI=1S/C19H22FN3O3/c1-2-25-18-12-17(26-21-18)19(24)22-8-6-15(7-9-22)23-10-5-13-11-14(20)3-4-16(13)23/h3-4,11-12,15H,2,5-10H2,1H3. The molecule has 4 rings (SSSR count). The van der Waals surface area contributed by atoms with E-state index in [2.05, 4.69) is 10.1 Å². The van der Waals surface area contributed by atoms with E-state index >= 15 is 0 Å². The van der Waals surface area contributed by atoms with Gasteiger partial charge in [-0.2, -0.15) is 0 Å². The van der Waals surface area contributed by atoms with Gasteiger partial charge in [0.25, 0.3) is 11.8 Å². The molecule has 1 saturated heterocycles. The zero-order valence-corrected chi connectivity index (χ0v) is 14.8. The second kappa shape index (κ2) is 6.97. The predicted octanol–water partition coefficient (Wildman–Crippen LogP) is 2.88. The number of benzene rings is 1. The molecule has 0 saturated carbocycles. The van der Waals surface area contributed by atoms with Crippen molar-refractivity contribution < 1.29 is 18.4 Å². The van der Waals surface area contributed by atoms with Crippen molar-refractivity contribution in [2.24, 2.45) is 0 Å². The van der Waals surface area contributed by atoms with Crippen molar-refractivity contribution >= 4 is 11.6 Å². The third-order valence-corrected chi connectivity index (χ3v) is 5.16. The predicted molar refractivity (Wildman–Crippen MR) is 94.0 cm³/mol. The average molecular weight is 359 g/mol. The van der Waals surface area contributed by atoms with Crippen molar-refractivity contribution in [1.29, 1.82) is 0 Å². The molecular weight excluding hydrogens is 337 g/mol. The molecule has 0 bridgehead atoms. The van der Waals surface area contributed by atoms with Gasteiger partial charge in [-0.05, 0) is 55.1 Å². The van der Waals surface area contributed by atoms with Gasteiger partial charge in [0, 0.05) is 31.4 Å². The zero-order valence-electron chi connectivity index (χ0n) is 14.8. The van der Waals surface area contributed by atoms with Crippen molar-refractivity contribution in [1.82, 2.24) is 10.1 Å². The van der Waals surface area contributed by atoms with Gasteiger partial charge in [0.1, 0.15) is 5.82 Å². The average Bonchev–Trinajstić information content (AvgIpc) is 3.28. The van der Waals surface area contributed by atoms with Gasteiger partial charge in [-0.15, -0.1) is 0 Å². The number of carbonyl (C=O) groups excluding carboxylic acids is 1. The van der Waals surface area contributed by atoms with Crippen LogP contribution >= 0.6 is 0 Å². The van der Waals surface area contributed by atoms with Gasteiger partial charge in [-0.3, -0.25) is 4.79 Å². The number of hydrogen-bond acceptors (Lipinski definition) is 5. The van der Waals surface area contributed by atoms with Crippen LogP contribution in [0.5, 0.6) is 5.88 Å². The first kappa shape index (κ1) is 16.9. The van der Waals surface area contributed by atoms with Gasteiger partial charge < -0.3 is 19.1 Å². The molecule has 0 radical (unpaired) electrons. The summed E-state index contributed by atoms with van der Waals surface area (Å²) in [5.74, 6) is 0.232. The minimum absolute atomic E-state index is 0.147. The summed E-state index contributed by atoms with van der Waals surface area (Å²) in [5, 5.41) is 3.75. The summed E-state index contributed by atoms with van der Waals surface area (Å²) < 4.78 is 23.7. The quantitative estimate of drug-likeness (QED) is 0.840. The van der Waals surface area contributed by atoms with Crippen LogP contribution in [0.25, 0.3) is 0 Å². The van der Waals surface area contributed by atoms with E-state index in [0.29, 0.717) is 31.6 Å². The number of amides is 1. The number of aromatic nitrogens is 1. The summed E-state index contributed by atoms with van der Waals surface area (Å²) in [6.07, 6.45) is 2.65. The van der Waals surface area contributed by atoms with E-state index in [-0.39, 0.29) is 17.5 Å². The maximum absolute atomic E-state index is 13.4. The molecule has 0 spiro atoms. The molecule has 1 aromatic carbocycles. The maximum atomic E-state index is 13.4. The highest BCUT2D eigenvalue weighted by Crippen LogP contribution is 2.33. The number of hydrogen-bond donors (Lipinski definition) is 0. The van der Waals surface area contributed by atoms with E-state index in [1.165, 1.54) is 6.07 Å². The summed E-state index contributed by atoms with van der Waals surface area (Å²) in [4.78, 5) is 16.7. The second-order valence-corrected chi connectivity index (χ2v) is 6.70. The number of nitrogens with zero attached hydrogens (tertiary/aromatic N) is 3. The molecule has 2 aliphatic heterocycles. The third kappa shape index (κ3) is 3.13. The molecule has 1 aromatic heterocycles. The third-order valence-electron chi connectivity index (χ3n) is 5.16. The molecule has 2 aliphatic rings. The lowest BCUT2D eigenvalue weighted by atomic mass is 10.0. The lowest BCUT2D eigenvalue weighted by Crippen LogP contribution is -2.46. The minimum atomic E-state index is -0.176. The summed E-state index contributed by atoms with van der Waals surface area (Å²) in [5.41, 5.74) is 2.21. The normalized spacial score (nSPS) is 17.5. The Morgan fingerprint density at radius 2 is 2.12 bits per heavy atom. The van der Waals surface area contributed by atoms with Crippen molar-refractivity contribution in [3.63, 3.8) is 0 Å². The Morgan fingerprint density at radius 1 is 1.31 bits per heavy atom. The molecule has 1 fully saturated rings. The Labute approximate surface area is 151 Å². The van der Waals surface area contributed by atoms with Crippen LogP contribution in [0.4, 0.5) is 10.1 Å². The molecule has 0 aliphatic carbocycles.